The summed E-state index contributed by atoms with van der Waals surface area (Å²) in [6.07, 6.45) is 2.86. The molecule has 0 fully saturated rings. The van der Waals surface area contributed by atoms with Gasteiger partial charge in [-0.25, -0.2) is 4.79 Å². The third-order valence-corrected chi connectivity index (χ3v) is 3.56. The number of hydrogen-bond donors (Lipinski definition) is 1. The van der Waals surface area contributed by atoms with Gasteiger partial charge in [0.1, 0.15) is 0 Å². The zero-order valence-corrected chi connectivity index (χ0v) is 14.9. The van der Waals surface area contributed by atoms with Gasteiger partial charge in [0.25, 0.3) is 0 Å². The van der Waals surface area contributed by atoms with Gasteiger partial charge in [-0.15, -0.1) is 0 Å². The van der Waals surface area contributed by atoms with Crippen molar-refractivity contribution in [3.8, 4) is 11.5 Å². The molecule has 0 saturated heterocycles. The van der Waals surface area contributed by atoms with Crippen LogP contribution in [0.4, 0.5) is 5.69 Å². The molecule has 0 aliphatic heterocycles. The van der Waals surface area contributed by atoms with Gasteiger partial charge in [0.15, 0.2) is 17.3 Å². The molecular formula is C20H21NO5. The summed E-state index contributed by atoms with van der Waals surface area (Å²) in [5.74, 6) is 0.393. The molecule has 2 aromatic carbocycles. The highest BCUT2D eigenvalue weighted by atomic mass is 16.5. The summed E-state index contributed by atoms with van der Waals surface area (Å²) in [4.78, 5) is 24.2. The van der Waals surface area contributed by atoms with Gasteiger partial charge in [-0.1, -0.05) is 12.1 Å². The minimum Gasteiger partial charge on any atom is -0.493 e. The van der Waals surface area contributed by atoms with Crippen molar-refractivity contribution in [2.45, 2.75) is 6.92 Å². The number of carbonyl (C=O) groups excluding carboxylic acids is 2. The lowest BCUT2D eigenvalue weighted by molar-refractivity contribution is 0.0527. The number of carbonyl (C=O) groups is 2. The summed E-state index contributed by atoms with van der Waals surface area (Å²) >= 11 is 0. The fourth-order valence-corrected chi connectivity index (χ4v) is 2.29. The van der Waals surface area contributed by atoms with Crippen molar-refractivity contribution >= 4 is 17.4 Å². The number of esters is 1. The number of ketones is 1. The van der Waals surface area contributed by atoms with E-state index in [1.54, 1.807) is 49.4 Å². The molecule has 0 unspecified atom stereocenters. The fraction of sp³-hybridized carbons (Fsp3) is 0.200. The molecule has 0 aliphatic carbocycles. The Kier molecular flexibility index (Phi) is 6.79. The first-order chi connectivity index (χ1) is 12.6. The number of benzene rings is 2. The van der Waals surface area contributed by atoms with Crippen molar-refractivity contribution in [1.29, 1.82) is 0 Å². The Hall–Kier alpha value is -3.28. The van der Waals surface area contributed by atoms with E-state index in [2.05, 4.69) is 5.32 Å². The van der Waals surface area contributed by atoms with E-state index in [1.165, 1.54) is 26.5 Å². The van der Waals surface area contributed by atoms with Gasteiger partial charge in [-0.05, 0) is 37.3 Å². The predicted octanol–water partition coefficient (Wildman–Crippen LogP) is 3.69. The standard InChI is InChI=1S/C20H21NO5/c1-4-26-20(23)15-7-5-6-8-16(15)21-12-11-17(22)14-9-10-18(24-2)19(13-14)25-3/h5-13,21H,4H2,1-3H3/b12-11-. The number of hydrogen-bond acceptors (Lipinski definition) is 6. The summed E-state index contributed by atoms with van der Waals surface area (Å²) < 4.78 is 15.4. The normalized spacial score (nSPS) is 10.4. The van der Waals surface area contributed by atoms with Gasteiger partial charge < -0.3 is 19.5 Å². The van der Waals surface area contributed by atoms with E-state index < -0.39 is 5.97 Å². The second kappa shape index (κ2) is 9.27. The number of allylic oxidation sites excluding steroid dienone is 1. The quantitative estimate of drug-likeness (QED) is 0.442. The van der Waals surface area contributed by atoms with Crippen LogP contribution < -0.4 is 14.8 Å². The molecular weight excluding hydrogens is 334 g/mol. The van der Waals surface area contributed by atoms with Crippen LogP contribution in [0.5, 0.6) is 11.5 Å². The smallest absolute Gasteiger partial charge is 0.340 e. The van der Waals surface area contributed by atoms with Crippen LogP contribution in [0.25, 0.3) is 0 Å². The monoisotopic (exact) mass is 355 g/mol. The van der Waals surface area contributed by atoms with Crippen molar-refractivity contribution in [2.75, 3.05) is 26.1 Å². The maximum absolute atomic E-state index is 12.3. The summed E-state index contributed by atoms with van der Waals surface area (Å²) in [5.41, 5.74) is 1.42. The topological polar surface area (TPSA) is 73.9 Å². The first-order valence-electron chi connectivity index (χ1n) is 8.06. The molecule has 0 spiro atoms. The molecule has 0 radical (unpaired) electrons. The van der Waals surface area contributed by atoms with E-state index in [0.717, 1.165) is 0 Å². The molecule has 1 N–H and O–H groups in total. The Morgan fingerprint density at radius 1 is 1.04 bits per heavy atom. The van der Waals surface area contributed by atoms with E-state index in [-0.39, 0.29) is 5.78 Å². The van der Waals surface area contributed by atoms with Gasteiger partial charge in [0.05, 0.1) is 32.1 Å². The van der Waals surface area contributed by atoms with Gasteiger partial charge in [-0.2, -0.15) is 0 Å². The van der Waals surface area contributed by atoms with Crippen LogP contribution in [0.15, 0.2) is 54.7 Å². The maximum Gasteiger partial charge on any atom is 0.340 e. The average molecular weight is 355 g/mol. The number of methoxy groups -OCH3 is 2. The molecule has 2 rings (SSSR count). The molecule has 6 nitrogen and oxygen atoms in total. The largest absolute Gasteiger partial charge is 0.493 e. The van der Waals surface area contributed by atoms with E-state index in [4.69, 9.17) is 14.2 Å². The van der Waals surface area contributed by atoms with Crippen LogP contribution in [0.3, 0.4) is 0 Å². The Morgan fingerprint density at radius 3 is 2.46 bits per heavy atom. The highest BCUT2D eigenvalue weighted by Gasteiger charge is 2.11. The fourth-order valence-electron chi connectivity index (χ4n) is 2.29. The first-order valence-corrected chi connectivity index (χ1v) is 8.06. The Bertz CT molecular complexity index is 814. The summed E-state index contributed by atoms with van der Waals surface area (Å²) in [7, 11) is 3.04. The number of ether oxygens (including phenoxy) is 3. The van der Waals surface area contributed by atoms with E-state index >= 15 is 0 Å². The van der Waals surface area contributed by atoms with Crippen molar-refractivity contribution in [3.63, 3.8) is 0 Å². The van der Waals surface area contributed by atoms with Crippen LogP contribution in [0, 0.1) is 0 Å². The second-order valence-electron chi connectivity index (χ2n) is 5.18. The lowest BCUT2D eigenvalue weighted by Crippen LogP contribution is -2.07. The number of anilines is 1. The minimum absolute atomic E-state index is 0.216. The molecule has 0 aliphatic rings. The van der Waals surface area contributed by atoms with Gasteiger partial charge in [0.2, 0.25) is 0 Å². The zero-order chi connectivity index (χ0) is 18.9. The lowest BCUT2D eigenvalue weighted by Gasteiger charge is -2.09. The number of para-hydroxylation sites is 1. The van der Waals surface area contributed by atoms with Crippen molar-refractivity contribution < 1.29 is 23.8 Å². The maximum atomic E-state index is 12.3. The molecule has 0 atom stereocenters. The van der Waals surface area contributed by atoms with Crippen molar-refractivity contribution in [3.05, 3.63) is 65.9 Å². The molecule has 0 bridgehead atoms. The highest BCUT2D eigenvalue weighted by Crippen LogP contribution is 2.27. The van der Waals surface area contributed by atoms with Crippen molar-refractivity contribution in [2.24, 2.45) is 0 Å². The molecule has 26 heavy (non-hydrogen) atoms. The average Bonchev–Trinajstić information content (AvgIpc) is 2.67. The van der Waals surface area contributed by atoms with Crippen LogP contribution in [0.2, 0.25) is 0 Å². The molecule has 2 aromatic rings. The van der Waals surface area contributed by atoms with Crippen LogP contribution in [0.1, 0.15) is 27.6 Å². The van der Waals surface area contributed by atoms with Gasteiger partial charge >= 0.3 is 5.97 Å². The van der Waals surface area contributed by atoms with E-state index in [0.29, 0.717) is 34.9 Å². The molecule has 0 saturated carbocycles. The van der Waals surface area contributed by atoms with E-state index in [1.807, 2.05) is 0 Å². The minimum atomic E-state index is -0.421. The number of rotatable bonds is 8. The Labute approximate surface area is 152 Å². The third kappa shape index (κ3) is 4.63. The third-order valence-electron chi connectivity index (χ3n) is 3.56. The molecule has 6 heteroatoms. The van der Waals surface area contributed by atoms with Gasteiger partial charge in [0, 0.05) is 17.8 Å². The Morgan fingerprint density at radius 2 is 1.77 bits per heavy atom. The zero-order valence-electron chi connectivity index (χ0n) is 14.9. The molecule has 0 aromatic heterocycles. The summed E-state index contributed by atoms with van der Waals surface area (Å²) in [6.45, 7) is 2.04. The van der Waals surface area contributed by atoms with Gasteiger partial charge in [-0.3, -0.25) is 4.79 Å². The van der Waals surface area contributed by atoms with E-state index in [9.17, 15) is 9.59 Å². The number of nitrogens with one attached hydrogen (secondary N) is 1. The SMILES string of the molecule is CCOC(=O)c1ccccc1N/C=C\C(=O)c1ccc(OC)c(OC)c1. The first kappa shape index (κ1) is 19.1. The molecule has 136 valence electrons. The lowest BCUT2D eigenvalue weighted by atomic mass is 10.1. The second-order valence-corrected chi connectivity index (χ2v) is 5.18. The predicted molar refractivity (Wildman–Crippen MR) is 99.0 cm³/mol. The molecule has 0 amide bonds. The van der Waals surface area contributed by atoms with Crippen LogP contribution >= 0.6 is 0 Å². The van der Waals surface area contributed by atoms with Crippen LogP contribution in [-0.2, 0) is 4.74 Å². The Balaban J connectivity index is 2.12. The highest BCUT2D eigenvalue weighted by molar-refractivity contribution is 6.05. The van der Waals surface area contributed by atoms with Crippen molar-refractivity contribution in [1.82, 2.24) is 0 Å². The molecule has 0 heterocycles. The summed E-state index contributed by atoms with van der Waals surface area (Å²) in [5, 5.41) is 2.95. The summed E-state index contributed by atoms with van der Waals surface area (Å²) in [6, 6.07) is 11.9. The van der Waals surface area contributed by atoms with Crippen LogP contribution in [-0.4, -0.2) is 32.6 Å².